The Labute approximate surface area is 139 Å². The predicted molar refractivity (Wildman–Crippen MR) is 88.4 cm³/mol. The first-order chi connectivity index (χ1) is 11.0. The van der Waals surface area contributed by atoms with Gasteiger partial charge in [0.1, 0.15) is 5.75 Å². The number of amides is 1. The van der Waals surface area contributed by atoms with E-state index in [2.05, 4.69) is 5.32 Å². The van der Waals surface area contributed by atoms with Crippen LogP contribution in [0.4, 0.5) is 5.69 Å². The molecule has 2 aromatic rings. The van der Waals surface area contributed by atoms with Gasteiger partial charge in [-0.1, -0.05) is 11.6 Å². The van der Waals surface area contributed by atoms with E-state index in [0.29, 0.717) is 17.0 Å². The van der Waals surface area contributed by atoms with Crippen molar-refractivity contribution in [2.45, 2.75) is 6.92 Å². The van der Waals surface area contributed by atoms with E-state index in [0.717, 1.165) is 0 Å². The Morgan fingerprint density at radius 1 is 1.13 bits per heavy atom. The maximum absolute atomic E-state index is 12.2. The molecule has 0 aliphatic carbocycles. The van der Waals surface area contributed by atoms with Crippen LogP contribution in [0.15, 0.2) is 42.5 Å². The van der Waals surface area contributed by atoms with E-state index in [1.807, 2.05) is 0 Å². The maximum atomic E-state index is 12.2. The van der Waals surface area contributed by atoms with Crippen molar-refractivity contribution in [1.82, 2.24) is 0 Å². The van der Waals surface area contributed by atoms with Gasteiger partial charge in [0.15, 0.2) is 0 Å². The highest BCUT2D eigenvalue weighted by atomic mass is 35.5. The van der Waals surface area contributed by atoms with Crippen molar-refractivity contribution in [1.29, 1.82) is 0 Å². The summed E-state index contributed by atoms with van der Waals surface area (Å²) in [5.74, 6) is -0.166. The Kier molecular flexibility index (Phi) is 5.60. The first kappa shape index (κ1) is 16.8. The Hall–Kier alpha value is -2.53. The number of anilines is 1. The van der Waals surface area contributed by atoms with Crippen LogP contribution in [-0.2, 0) is 4.74 Å². The molecule has 0 atom stereocenters. The number of benzene rings is 2. The first-order valence-corrected chi connectivity index (χ1v) is 7.35. The molecule has 0 fully saturated rings. The molecule has 120 valence electrons. The number of methoxy groups -OCH3 is 1. The lowest BCUT2D eigenvalue weighted by Gasteiger charge is -2.09. The zero-order valence-electron chi connectivity index (χ0n) is 12.8. The third kappa shape index (κ3) is 4.23. The summed E-state index contributed by atoms with van der Waals surface area (Å²) < 4.78 is 9.98. The van der Waals surface area contributed by atoms with Crippen LogP contribution in [0.25, 0.3) is 0 Å². The lowest BCUT2D eigenvalue weighted by atomic mass is 10.1. The molecular weight excluding hydrogens is 318 g/mol. The molecule has 2 rings (SSSR count). The van der Waals surface area contributed by atoms with Crippen LogP contribution >= 0.6 is 11.6 Å². The molecule has 5 nitrogen and oxygen atoms in total. The number of carbonyl (C=O) groups excluding carboxylic acids is 2. The topological polar surface area (TPSA) is 64.6 Å². The van der Waals surface area contributed by atoms with Gasteiger partial charge in [0.25, 0.3) is 5.91 Å². The van der Waals surface area contributed by atoms with E-state index in [9.17, 15) is 9.59 Å². The molecule has 0 radical (unpaired) electrons. The van der Waals surface area contributed by atoms with Crippen molar-refractivity contribution < 1.29 is 19.1 Å². The second-order valence-electron chi connectivity index (χ2n) is 4.60. The second-order valence-corrected chi connectivity index (χ2v) is 5.00. The van der Waals surface area contributed by atoms with Gasteiger partial charge in [-0.05, 0) is 49.4 Å². The summed E-state index contributed by atoms with van der Waals surface area (Å²) in [6, 6.07) is 11.3. The predicted octanol–water partition coefficient (Wildman–Crippen LogP) is 3.78. The van der Waals surface area contributed by atoms with Crippen LogP contribution in [0.2, 0.25) is 5.02 Å². The Morgan fingerprint density at radius 3 is 2.43 bits per heavy atom. The molecule has 0 heterocycles. The van der Waals surface area contributed by atoms with Crippen LogP contribution in [0, 0.1) is 0 Å². The van der Waals surface area contributed by atoms with Gasteiger partial charge in [-0.15, -0.1) is 0 Å². The van der Waals surface area contributed by atoms with Gasteiger partial charge in [0, 0.05) is 11.3 Å². The number of halogens is 1. The zero-order valence-corrected chi connectivity index (χ0v) is 13.5. The molecule has 0 unspecified atom stereocenters. The van der Waals surface area contributed by atoms with Gasteiger partial charge in [0.2, 0.25) is 0 Å². The third-order valence-electron chi connectivity index (χ3n) is 3.07. The van der Waals surface area contributed by atoms with E-state index in [1.165, 1.54) is 12.1 Å². The summed E-state index contributed by atoms with van der Waals surface area (Å²) in [5.41, 5.74) is 1.14. The average Bonchev–Trinajstić information content (AvgIpc) is 2.56. The number of esters is 1. The summed E-state index contributed by atoms with van der Waals surface area (Å²) in [4.78, 5) is 24.0. The van der Waals surface area contributed by atoms with E-state index in [1.54, 1.807) is 44.4 Å². The minimum Gasteiger partial charge on any atom is -0.497 e. The van der Waals surface area contributed by atoms with Gasteiger partial charge in [-0.3, -0.25) is 4.79 Å². The molecule has 0 saturated carbocycles. The summed E-state index contributed by atoms with van der Waals surface area (Å²) in [7, 11) is 1.56. The highest BCUT2D eigenvalue weighted by Gasteiger charge is 2.14. The highest BCUT2D eigenvalue weighted by Crippen LogP contribution is 2.22. The van der Waals surface area contributed by atoms with Crippen LogP contribution in [-0.4, -0.2) is 25.6 Å². The quantitative estimate of drug-likeness (QED) is 0.846. The van der Waals surface area contributed by atoms with Gasteiger partial charge < -0.3 is 14.8 Å². The van der Waals surface area contributed by atoms with Crippen molar-refractivity contribution in [3.05, 3.63) is 58.6 Å². The van der Waals surface area contributed by atoms with Crippen molar-refractivity contribution in [2.75, 3.05) is 19.0 Å². The number of carbonyl (C=O) groups is 2. The van der Waals surface area contributed by atoms with Crippen molar-refractivity contribution in [3.63, 3.8) is 0 Å². The molecule has 0 bridgehead atoms. The van der Waals surface area contributed by atoms with Crippen molar-refractivity contribution in [2.24, 2.45) is 0 Å². The summed E-state index contributed by atoms with van der Waals surface area (Å²) in [6.45, 7) is 1.96. The van der Waals surface area contributed by atoms with Crippen molar-refractivity contribution in [3.8, 4) is 5.75 Å². The molecule has 0 spiro atoms. The number of hydrogen-bond acceptors (Lipinski definition) is 4. The number of hydrogen-bond donors (Lipinski definition) is 1. The minimum absolute atomic E-state index is 0.209. The smallest absolute Gasteiger partial charge is 0.339 e. The molecule has 6 heteroatoms. The van der Waals surface area contributed by atoms with Gasteiger partial charge in [-0.2, -0.15) is 0 Å². The SMILES string of the molecule is CCOC(=O)c1cc(NC(=O)c2ccc(OC)cc2)ccc1Cl. The zero-order chi connectivity index (χ0) is 16.8. The van der Waals surface area contributed by atoms with Gasteiger partial charge in [0.05, 0.1) is 24.3 Å². The first-order valence-electron chi connectivity index (χ1n) is 6.97. The van der Waals surface area contributed by atoms with E-state index in [4.69, 9.17) is 21.1 Å². The lowest BCUT2D eigenvalue weighted by Crippen LogP contribution is -2.13. The average molecular weight is 334 g/mol. The normalized spacial score (nSPS) is 10.0. The molecular formula is C17H16ClNO4. The summed E-state index contributed by atoms with van der Waals surface area (Å²) in [5, 5.41) is 2.98. The molecule has 0 aromatic heterocycles. The Bertz CT molecular complexity index is 713. The third-order valence-corrected chi connectivity index (χ3v) is 3.40. The van der Waals surface area contributed by atoms with Gasteiger partial charge in [-0.25, -0.2) is 4.79 Å². The van der Waals surface area contributed by atoms with Crippen LogP contribution in [0.5, 0.6) is 5.75 Å². The van der Waals surface area contributed by atoms with E-state index >= 15 is 0 Å². The lowest BCUT2D eigenvalue weighted by molar-refractivity contribution is 0.0526. The number of nitrogens with one attached hydrogen (secondary N) is 1. The van der Waals surface area contributed by atoms with Crippen molar-refractivity contribution >= 4 is 29.2 Å². The fourth-order valence-electron chi connectivity index (χ4n) is 1.91. The molecule has 23 heavy (non-hydrogen) atoms. The Morgan fingerprint density at radius 2 is 1.83 bits per heavy atom. The van der Waals surface area contributed by atoms with Gasteiger partial charge >= 0.3 is 5.97 Å². The minimum atomic E-state index is -0.530. The summed E-state index contributed by atoms with van der Waals surface area (Å²) >= 11 is 5.99. The summed E-state index contributed by atoms with van der Waals surface area (Å²) in [6.07, 6.45) is 0. The number of ether oxygens (including phenoxy) is 2. The molecule has 0 aliphatic heterocycles. The maximum Gasteiger partial charge on any atom is 0.339 e. The molecule has 1 N–H and O–H groups in total. The fourth-order valence-corrected chi connectivity index (χ4v) is 2.11. The number of rotatable bonds is 5. The highest BCUT2D eigenvalue weighted by molar-refractivity contribution is 6.33. The fraction of sp³-hybridized carbons (Fsp3) is 0.176. The Balaban J connectivity index is 2.17. The molecule has 0 aliphatic rings. The monoisotopic (exact) mass is 333 g/mol. The van der Waals surface area contributed by atoms with Crippen LogP contribution in [0.1, 0.15) is 27.6 Å². The second kappa shape index (κ2) is 7.65. The van der Waals surface area contributed by atoms with E-state index in [-0.39, 0.29) is 23.1 Å². The molecule has 1 amide bonds. The molecule has 0 saturated heterocycles. The van der Waals surface area contributed by atoms with Crippen LogP contribution < -0.4 is 10.1 Å². The molecule has 2 aromatic carbocycles. The standard InChI is InChI=1S/C17H16ClNO4/c1-3-23-17(21)14-10-12(6-9-15(14)18)19-16(20)11-4-7-13(22-2)8-5-11/h4-10H,3H2,1-2H3,(H,19,20). The largest absolute Gasteiger partial charge is 0.497 e. The van der Waals surface area contributed by atoms with E-state index < -0.39 is 5.97 Å². The van der Waals surface area contributed by atoms with Crippen LogP contribution in [0.3, 0.4) is 0 Å².